The van der Waals surface area contributed by atoms with Gasteiger partial charge >= 0.3 is 5.97 Å². The van der Waals surface area contributed by atoms with Crippen LogP contribution in [0.25, 0.3) is 0 Å². The minimum atomic E-state index is -0.833. The monoisotopic (exact) mass is 498 g/mol. The molecule has 1 aromatic carbocycles. The van der Waals surface area contributed by atoms with Gasteiger partial charge in [0.1, 0.15) is 5.82 Å². The summed E-state index contributed by atoms with van der Waals surface area (Å²) in [4.78, 5) is 25.2. The molecule has 7 heteroatoms. The summed E-state index contributed by atoms with van der Waals surface area (Å²) in [5.74, 6) is -0.0724. The number of carboxylic acids is 2. The molecule has 1 atom stereocenters. The van der Waals surface area contributed by atoms with Crippen molar-refractivity contribution in [3.8, 4) is 0 Å². The van der Waals surface area contributed by atoms with Crippen molar-refractivity contribution in [3.63, 3.8) is 0 Å². The number of carboxylic acid groups (broad SMARTS) is 2. The van der Waals surface area contributed by atoms with Crippen LogP contribution in [-0.4, -0.2) is 31.7 Å². The third-order valence-corrected chi connectivity index (χ3v) is 5.38. The first-order valence-electron chi connectivity index (χ1n) is 9.44. The third-order valence-electron chi connectivity index (χ3n) is 4.66. The summed E-state index contributed by atoms with van der Waals surface area (Å²) in [5.41, 5.74) is 3.50. The van der Waals surface area contributed by atoms with E-state index >= 15 is 0 Å². The molecule has 0 aliphatic heterocycles. The Hall–Kier alpha value is -1.90. The number of fused-ring (bicyclic) bond motifs is 1. The van der Waals surface area contributed by atoms with Crippen molar-refractivity contribution in [2.45, 2.75) is 64.8 Å². The molecule has 1 aliphatic carbocycles. The van der Waals surface area contributed by atoms with Gasteiger partial charge in [-0.1, -0.05) is 26.0 Å². The first kappa shape index (κ1) is 22.4. The largest absolute Gasteiger partial charge is 0.481 e. The Bertz CT molecular complexity index is 824. The van der Waals surface area contributed by atoms with Crippen LogP contribution in [0.3, 0.4) is 0 Å². The van der Waals surface area contributed by atoms with E-state index in [0.29, 0.717) is 5.92 Å². The third kappa shape index (κ3) is 6.05. The van der Waals surface area contributed by atoms with E-state index in [1.807, 2.05) is 0 Å². The average molecular weight is 498 g/mol. The summed E-state index contributed by atoms with van der Waals surface area (Å²) in [5, 5.41) is 16.7. The van der Waals surface area contributed by atoms with E-state index in [4.69, 9.17) is 14.9 Å². The number of hydrogen-bond donors (Lipinski definition) is 2. The highest BCUT2D eigenvalue weighted by Crippen LogP contribution is 2.36. The zero-order chi connectivity index (χ0) is 20.8. The number of aryl methyl sites for hydroxylation is 1. The molecule has 0 amide bonds. The van der Waals surface area contributed by atoms with Crippen LogP contribution in [0.2, 0.25) is 0 Å². The fourth-order valence-electron chi connectivity index (χ4n) is 3.62. The smallest absolute Gasteiger partial charge is 0.304 e. The van der Waals surface area contributed by atoms with E-state index in [9.17, 15) is 9.90 Å². The Morgan fingerprint density at radius 3 is 2.39 bits per heavy atom. The second kappa shape index (κ2) is 10.0. The number of carbonyl (C=O) groups is 2. The van der Waals surface area contributed by atoms with Crippen LogP contribution in [0.5, 0.6) is 0 Å². The summed E-state index contributed by atoms with van der Waals surface area (Å²) < 4.78 is 3.51. The molecule has 6 nitrogen and oxygen atoms in total. The second-order valence-electron chi connectivity index (χ2n) is 7.38. The highest BCUT2D eigenvalue weighted by molar-refractivity contribution is 14.1. The standard InChI is InChI=1S/C19H23IN2O2.C2H4O2/c1-12(2)19-21-16-5-3-4-14(10-17(23)24)18(16)22(19)11-13-6-8-15(20)9-7-13;1-2(3)4/h6-9,12,14H,3-5,10-11H2,1-2H3,(H,23,24);1H3,(H,3,4). The SMILES string of the molecule is CC(=O)O.CC(C)c1nc2c(n1Cc1ccc(I)cc1)C(CC(=O)O)CCC2. The summed E-state index contributed by atoms with van der Waals surface area (Å²) >= 11 is 2.31. The fraction of sp³-hybridized carbons (Fsp3) is 0.476. The molecule has 1 aromatic heterocycles. The van der Waals surface area contributed by atoms with Crippen LogP contribution in [0, 0.1) is 3.57 Å². The van der Waals surface area contributed by atoms with Crippen LogP contribution >= 0.6 is 22.6 Å². The van der Waals surface area contributed by atoms with Crippen molar-refractivity contribution in [1.29, 1.82) is 0 Å². The van der Waals surface area contributed by atoms with Gasteiger partial charge in [-0.15, -0.1) is 0 Å². The van der Waals surface area contributed by atoms with Crippen molar-refractivity contribution in [2.24, 2.45) is 0 Å². The van der Waals surface area contributed by atoms with Gasteiger partial charge < -0.3 is 14.8 Å². The van der Waals surface area contributed by atoms with Crippen LogP contribution in [0.4, 0.5) is 0 Å². The van der Waals surface area contributed by atoms with Crippen LogP contribution in [-0.2, 0) is 22.6 Å². The first-order chi connectivity index (χ1) is 13.2. The number of rotatable bonds is 5. The Balaban J connectivity index is 0.000000640. The van der Waals surface area contributed by atoms with Gasteiger partial charge in [0, 0.05) is 34.6 Å². The van der Waals surface area contributed by atoms with Crippen LogP contribution < -0.4 is 0 Å². The highest BCUT2D eigenvalue weighted by Gasteiger charge is 2.30. The molecule has 3 rings (SSSR count). The van der Waals surface area contributed by atoms with E-state index in [-0.39, 0.29) is 12.3 Å². The summed E-state index contributed by atoms with van der Waals surface area (Å²) in [6.45, 7) is 6.16. The molecular weight excluding hydrogens is 471 g/mol. The number of hydrogen-bond acceptors (Lipinski definition) is 3. The van der Waals surface area contributed by atoms with Gasteiger partial charge in [0.25, 0.3) is 5.97 Å². The molecule has 0 fully saturated rings. The minimum Gasteiger partial charge on any atom is -0.481 e. The summed E-state index contributed by atoms with van der Waals surface area (Å²) in [7, 11) is 0. The van der Waals surface area contributed by atoms with E-state index in [0.717, 1.165) is 49.9 Å². The Morgan fingerprint density at radius 2 is 1.86 bits per heavy atom. The van der Waals surface area contributed by atoms with Crippen LogP contribution in [0.1, 0.15) is 74.6 Å². The van der Waals surface area contributed by atoms with Gasteiger partial charge in [-0.25, -0.2) is 4.98 Å². The average Bonchev–Trinajstić information content (AvgIpc) is 2.96. The van der Waals surface area contributed by atoms with Gasteiger partial charge in [0.2, 0.25) is 0 Å². The quantitative estimate of drug-likeness (QED) is 0.586. The lowest BCUT2D eigenvalue weighted by molar-refractivity contribution is -0.137. The van der Waals surface area contributed by atoms with E-state index in [1.165, 1.54) is 9.13 Å². The molecule has 1 unspecified atom stereocenters. The molecule has 0 radical (unpaired) electrons. The van der Waals surface area contributed by atoms with Crippen molar-refractivity contribution < 1.29 is 19.8 Å². The van der Waals surface area contributed by atoms with Crippen molar-refractivity contribution >= 4 is 34.5 Å². The van der Waals surface area contributed by atoms with Crippen LogP contribution in [0.15, 0.2) is 24.3 Å². The van der Waals surface area contributed by atoms with Gasteiger partial charge in [-0.05, 0) is 59.5 Å². The Kier molecular flexibility index (Phi) is 8.03. The molecular formula is C21H27IN2O4. The molecule has 2 N–H and O–H groups in total. The number of aromatic nitrogens is 2. The molecule has 2 aromatic rings. The topological polar surface area (TPSA) is 92.4 Å². The van der Waals surface area contributed by atoms with E-state index < -0.39 is 11.9 Å². The molecule has 0 saturated heterocycles. The molecule has 28 heavy (non-hydrogen) atoms. The molecule has 1 aliphatic rings. The normalized spacial score (nSPS) is 15.5. The van der Waals surface area contributed by atoms with Crippen molar-refractivity contribution in [3.05, 3.63) is 50.6 Å². The molecule has 1 heterocycles. The number of nitrogens with zero attached hydrogens (tertiary/aromatic N) is 2. The zero-order valence-electron chi connectivity index (χ0n) is 16.5. The minimum absolute atomic E-state index is 0.0788. The van der Waals surface area contributed by atoms with Crippen molar-refractivity contribution in [1.82, 2.24) is 9.55 Å². The molecule has 0 bridgehead atoms. The lowest BCUT2D eigenvalue weighted by Gasteiger charge is -2.24. The lowest BCUT2D eigenvalue weighted by Crippen LogP contribution is -2.18. The molecule has 152 valence electrons. The lowest BCUT2D eigenvalue weighted by atomic mass is 9.87. The van der Waals surface area contributed by atoms with Gasteiger partial charge in [-0.2, -0.15) is 0 Å². The number of imidazole rings is 1. The number of aliphatic carboxylic acids is 2. The fourth-order valence-corrected chi connectivity index (χ4v) is 3.98. The number of halogens is 1. The maximum atomic E-state index is 11.3. The van der Waals surface area contributed by atoms with E-state index in [2.05, 4.69) is 65.3 Å². The first-order valence-corrected chi connectivity index (χ1v) is 10.5. The predicted molar refractivity (Wildman–Crippen MR) is 116 cm³/mol. The number of benzene rings is 1. The van der Waals surface area contributed by atoms with Crippen molar-refractivity contribution in [2.75, 3.05) is 0 Å². The molecule has 0 spiro atoms. The highest BCUT2D eigenvalue weighted by atomic mass is 127. The van der Waals surface area contributed by atoms with Gasteiger partial charge in [-0.3, -0.25) is 9.59 Å². The second-order valence-corrected chi connectivity index (χ2v) is 8.62. The molecule has 0 saturated carbocycles. The Labute approximate surface area is 179 Å². The zero-order valence-corrected chi connectivity index (χ0v) is 18.6. The van der Waals surface area contributed by atoms with Gasteiger partial charge in [0.15, 0.2) is 0 Å². The van der Waals surface area contributed by atoms with E-state index in [1.54, 1.807) is 0 Å². The maximum absolute atomic E-state index is 11.3. The Morgan fingerprint density at radius 1 is 1.25 bits per heavy atom. The summed E-state index contributed by atoms with van der Waals surface area (Å²) in [6, 6.07) is 8.52. The summed E-state index contributed by atoms with van der Waals surface area (Å²) in [6.07, 6.45) is 3.13. The predicted octanol–water partition coefficient (Wildman–Crippen LogP) is 4.64. The maximum Gasteiger partial charge on any atom is 0.304 e. The van der Waals surface area contributed by atoms with Gasteiger partial charge in [0.05, 0.1) is 12.1 Å².